The minimum Gasteiger partial charge on any atom is -0.322 e. The van der Waals surface area contributed by atoms with Gasteiger partial charge in [0.15, 0.2) is 0 Å². The molecular formula is C14H14BrFN2O. The normalized spacial score (nSPS) is 15.2. The van der Waals surface area contributed by atoms with E-state index in [1.165, 1.54) is 11.0 Å². The second-order valence-corrected chi connectivity index (χ2v) is 5.48. The van der Waals surface area contributed by atoms with Crippen LogP contribution in [0.2, 0.25) is 0 Å². The van der Waals surface area contributed by atoms with Crippen molar-refractivity contribution < 1.29 is 9.18 Å². The van der Waals surface area contributed by atoms with Crippen LogP contribution in [0.5, 0.6) is 0 Å². The maximum Gasteiger partial charge on any atom is 0.259 e. The van der Waals surface area contributed by atoms with E-state index in [1.807, 2.05) is 6.07 Å². The Bertz CT molecular complexity index is 500. The van der Waals surface area contributed by atoms with E-state index in [4.69, 9.17) is 5.26 Å². The fourth-order valence-corrected chi connectivity index (χ4v) is 3.02. The molecule has 1 amide bonds. The average molecular weight is 325 g/mol. The van der Waals surface area contributed by atoms with Crippen molar-refractivity contribution in [3.05, 3.63) is 34.1 Å². The molecule has 0 aliphatic heterocycles. The number of carbonyl (C=O) groups excluding carboxylic acids is 1. The summed E-state index contributed by atoms with van der Waals surface area (Å²) in [5, 5.41) is 8.88. The molecule has 0 radical (unpaired) electrons. The van der Waals surface area contributed by atoms with Gasteiger partial charge in [-0.3, -0.25) is 4.79 Å². The van der Waals surface area contributed by atoms with Crippen molar-refractivity contribution in [1.82, 2.24) is 4.90 Å². The van der Waals surface area contributed by atoms with Gasteiger partial charge in [-0.2, -0.15) is 5.26 Å². The highest BCUT2D eigenvalue weighted by molar-refractivity contribution is 9.10. The topological polar surface area (TPSA) is 44.1 Å². The zero-order chi connectivity index (χ0) is 13.8. The highest BCUT2D eigenvalue weighted by Crippen LogP contribution is 2.27. The van der Waals surface area contributed by atoms with Gasteiger partial charge in [0.25, 0.3) is 5.91 Å². The van der Waals surface area contributed by atoms with Crippen LogP contribution in [0.15, 0.2) is 22.7 Å². The summed E-state index contributed by atoms with van der Waals surface area (Å²) < 4.78 is 14.3. The number of hydrogen-bond acceptors (Lipinski definition) is 2. The third-order valence-electron chi connectivity index (χ3n) is 3.44. The molecule has 3 nitrogen and oxygen atoms in total. The number of hydrogen-bond donors (Lipinski definition) is 0. The van der Waals surface area contributed by atoms with E-state index in [1.54, 1.807) is 12.1 Å². The van der Waals surface area contributed by atoms with E-state index in [-0.39, 0.29) is 18.2 Å². The van der Waals surface area contributed by atoms with E-state index >= 15 is 0 Å². The van der Waals surface area contributed by atoms with Crippen LogP contribution in [0.1, 0.15) is 36.0 Å². The van der Waals surface area contributed by atoms with Crippen LogP contribution in [0.4, 0.5) is 4.39 Å². The van der Waals surface area contributed by atoms with Gasteiger partial charge in [-0.1, -0.05) is 18.9 Å². The molecule has 5 heteroatoms. The third-order valence-corrected chi connectivity index (χ3v) is 4.10. The summed E-state index contributed by atoms with van der Waals surface area (Å²) in [5.41, 5.74) is 0.0182. The minimum absolute atomic E-state index is 0.00424. The molecule has 100 valence electrons. The van der Waals surface area contributed by atoms with Gasteiger partial charge in [0.1, 0.15) is 12.4 Å². The predicted molar refractivity (Wildman–Crippen MR) is 73.0 cm³/mol. The van der Waals surface area contributed by atoms with Gasteiger partial charge in [0, 0.05) is 10.5 Å². The molecule has 2 rings (SSSR count). The second-order valence-electron chi connectivity index (χ2n) is 4.63. The first-order valence-corrected chi connectivity index (χ1v) is 7.06. The largest absolute Gasteiger partial charge is 0.322 e. The summed E-state index contributed by atoms with van der Waals surface area (Å²) in [4.78, 5) is 14.0. The van der Waals surface area contributed by atoms with E-state index in [0.29, 0.717) is 4.47 Å². The third kappa shape index (κ3) is 2.95. The van der Waals surface area contributed by atoms with Crippen molar-refractivity contribution >= 4 is 21.8 Å². The molecule has 0 atom stereocenters. The van der Waals surface area contributed by atoms with E-state index in [2.05, 4.69) is 15.9 Å². The second kappa shape index (κ2) is 6.16. The molecule has 0 N–H and O–H groups in total. The Morgan fingerprint density at radius 3 is 2.74 bits per heavy atom. The van der Waals surface area contributed by atoms with Crippen LogP contribution < -0.4 is 0 Å². The van der Waals surface area contributed by atoms with Crippen LogP contribution in [-0.4, -0.2) is 23.4 Å². The maximum atomic E-state index is 13.8. The Hall–Kier alpha value is -1.41. The van der Waals surface area contributed by atoms with Crippen molar-refractivity contribution in [3.63, 3.8) is 0 Å². The summed E-state index contributed by atoms with van der Waals surface area (Å²) in [6.07, 6.45) is 3.88. The van der Waals surface area contributed by atoms with Gasteiger partial charge in [0.2, 0.25) is 0 Å². The number of benzene rings is 1. The summed E-state index contributed by atoms with van der Waals surface area (Å²) >= 11 is 3.21. The fourth-order valence-electron chi connectivity index (χ4n) is 2.50. The van der Waals surface area contributed by atoms with Crippen LogP contribution >= 0.6 is 15.9 Å². The highest BCUT2D eigenvalue weighted by atomic mass is 79.9. The molecule has 1 aromatic carbocycles. The van der Waals surface area contributed by atoms with Crippen molar-refractivity contribution in [2.45, 2.75) is 31.7 Å². The number of carbonyl (C=O) groups is 1. The summed E-state index contributed by atoms with van der Waals surface area (Å²) in [5.74, 6) is -0.960. The SMILES string of the molecule is N#CCN(C(=O)c1c(F)cccc1Br)C1CCCC1. The zero-order valence-electron chi connectivity index (χ0n) is 10.4. The van der Waals surface area contributed by atoms with E-state index in [9.17, 15) is 9.18 Å². The molecular weight excluding hydrogens is 311 g/mol. The Labute approximate surface area is 120 Å². The molecule has 1 saturated carbocycles. The first kappa shape index (κ1) is 14.0. The molecule has 0 saturated heterocycles. The van der Waals surface area contributed by atoms with Crippen LogP contribution in [0.3, 0.4) is 0 Å². The Morgan fingerprint density at radius 2 is 2.16 bits per heavy atom. The monoisotopic (exact) mass is 324 g/mol. The van der Waals surface area contributed by atoms with Gasteiger partial charge >= 0.3 is 0 Å². The first-order valence-electron chi connectivity index (χ1n) is 6.27. The molecule has 1 aliphatic rings. The number of rotatable bonds is 3. The quantitative estimate of drug-likeness (QED) is 0.799. The molecule has 1 aromatic rings. The molecule has 0 bridgehead atoms. The molecule has 1 fully saturated rings. The van der Waals surface area contributed by atoms with Gasteiger partial charge in [0.05, 0.1) is 11.6 Å². The lowest BCUT2D eigenvalue weighted by Gasteiger charge is -2.27. The molecule has 0 aromatic heterocycles. The standard InChI is InChI=1S/C14H14BrFN2O/c15-11-6-3-7-12(16)13(11)14(19)18(9-8-17)10-4-1-2-5-10/h3,6-7,10H,1-2,4-5,9H2. The fraction of sp³-hybridized carbons (Fsp3) is 0.429. The lowest BCUT2D eigenvalue weighted by atomic mass is 10.1. The van der Waals surface area contributed by atoms with Gasteiger partial charge in [-0.25, -0.2) is 4.39 Å². The number of nitrogens with zero attached hydrogens (tertiary/aromatic N) is 2. The molecule has 0 spiro atoms. The van der Waals surface area contributed by atoms with Gasteiger partial charge in [-0.05, 0) is 40.9 Å². The summed E-state index contributed by atoms with van der Waals surface area (Å²) in [6.45, 7) is 0.00424. The average Bonchev–Trinajstić information content (AvgIpc) is 2.89. The number of halogens is 2. The Kier molecular flexibility index (Phi) is 4.54. The van der Waals surface area contributed by atoms with Crippen LogP contribution in [0, 0.1) is 17.1 Å². The molecule has 1 aliphatic carbocycles. The number of nitriles is 1. The van der Waals surface area contributed by atoms with E-state index in [0.717, 1.165) is 25.7 Å². The lowest BCUT2D eigenvalue weighted by Crippen LogP contribution is -2.39. The van der Waals surface area contributed by atoms with Crippen LogP contribution in [-0.2, 0) is 0 Å². The lowest BCUT2D eigenvalue weighted by molar-refractivity contribution is 0.0703. The van der Waals surface area contributed by atoms with Crippen LogP contribution in [0.25, 0.3) is 0 Å². The number of amides is 1. The molecule has 0 unspecified atom stereocenters. The maximum absolute atomic E-state index is 13.8. The molecule has 0 heterocycles. The summed E-state index contributed by atoms with van der Waals surface area (Å²) in [7, 11) is 0. The Morgan fingerprint density at radius 1 is 1.47 bits per heavy atom. The summed E-state index contributed by atoms with van der Waals surface area (Å²) in [6, 6.07) is 6.49. The van der Waals surface area contributed by atoms with Gasteiger partial charge in [-0.15, -0.1) is 0 Å². The molecule has 19 heavy (non-hydrogen) atoms. The highest BCUT2D eigenvalue weighted by Gasteiger charge is 2.29. The van der Waals surface area contributed by atoms with Crippen molar-refractivity contribution in [2.24, 2.45) is 0 Å². The van der Waals surface area contributed by atoms with Crippen molar-refractivity contribution in [1.29, 1.82) is 5.26 Å². The zero-order valence-corrected chi connectivity index (χ0v) is 12.0. The van der Waals surface area contributed by atoms with Crippen molar-refractivity contribution in [2.75, 3.05) is 6.54 Å². The smallest absolute Gasteiger partial charge is 0.259 e. The predicted octanol–water partition coefficient (Wildman–Crippen LogP) is 3.50. The van der Waals surface area contributed by atoms with E-state index < -0.39 is 11.7 Å². The van der Waals surface area contributed by atoms with Gasteiger partial charge < -0.3 is 4.90 Å². The first-order chi connectivity index (χ1) is 9.15. The minimum atomic E-state index is -0.555. The van der Waals surface area contributed by atoms with Crippen molar-refractivity contribution in [3.8, 4) is 6.07 Å². The Balaban J connectivity index is 2.31.